The van der Waals surface area contributed by atoms with Crippen molar-refractivity contribution in [1.82, 2.24) is 5.32 Å². The van der Waals surface area contributed by atoms with Crippen molar-refractivity contribution in [1.29, 1.82) is 0 Å². The molecule has 4 rings (SSSR count). The quantitative estimate of drug-likeness (QED) is 0.391. The second kappa shape index (κ2) is 10.1. The van der Waals surface area contributed by atoms with Gasteiger partial charge >= 0.3 is 11.9 Å². The normalized spacial score (nSPS) is 25.9. The van der Waals surface area contributed by atoms with Gasteiger partial charge in [0.25, 0.3) is 0 Å². The predicted molar refractivity (Wildman–Crippen MR) is 124 cm³/mol. The van der Waals surface area contributed by atoms with Crippen molar-refractivity contribution >= 4 is 17.7 Å². The average Bonchev–Trinajstić information content (AvgIpc) is 3.06. The molecule has 182 valence electrons. The molecule has 0 unspecified atom stereocenters. The molecule has 1 fully saturated rings. The molecule has 1 N–H and O–H groups in total. The summed E-state index contributed by atoms with van der Waals surface area (Å²) < 4.78 is 25.1. The molecule has 3 aliphatic rings. The first-order valence-electron chi connectivity index (χ1n) is 12.1. The maximum Gasteiger partial charge on any atom is 0.337 e. The number of halogens is 1. The van der Waals surface area contributed by atoms with Gasteiger partial charge in [-0.1, -0.05) is 31.9 Å². The van der Waals surface area contributed by atoms with Gasteiger partial charge in [-0.15, -0.1) is 0 Å². The number of Topliss-reactive ketones (excluding diaryl/α,β-unsaturated/α-hetero) is 1. The Morgan fingerprint density at radius 3 is 2.47 bits per heavy atom. The summed E-state index contributed by atoms with van der Waals surface area (Å²) in [5.41, 5.74) is 2.34. The smallest absolute Gasteiger partial charge is 0.337 e. The first-order chi connectivity index (χ1) is 16.3. The monoisotopic (exact) mass is 469 g/mol. The minimum Gasteiger partial charge on any atom is -0.468 e. The van der Waals surface area contributed by atoms with E-state index in [0.717, 1.165) is 38.5 Å². The van der Waals surface area contributed by atoms with E-state index >= 15 is 0 Å². The van der Waals surface area contributed by atoms with Crippen LogP contribution in [0.1, 0.15) is 70.3 Å². The molecule has 1 heterocycles. The zero-order valence-corrected chi connectivity index (χ0v) is 20.0. The minimum atomic E-state index is -0.973. The largest absolute Gasteiger partial charge is 0.468 e. The molecule has 3 atom stereocenters. The van der Waals surface area contributed by atoms with Gasteiger partial charge in [0.2, 0.25) is 0 Å². The predicted octanol–water partition coefficient (Wildman–Crippen LogP) is 4.70. The Morgan fingerprint density at radius 1 is 1.12 bits per heavy atom. The number of methoxy groups -OCH3 is 1. The summed E-state index contributed by atoms with van der Waals surface area (Å²) in [4.78, 5) is 39.7. The van der Waals surface area contributed by atoms with Gasteiger partial charge in [0, 0.05) is 22.9 Å². The van der Waals surface area contributed by atoms with E-state index in [0.29, 0.717) is 34.5 Å². The van der Waals surface area contributed by atoms with Crippen LogP contribution in [0.4, 0.5) is 4.39 Å². The molecule has 0 amide bonds. The zero-order valence-electron chi connectivity index (χ0n) is 20.0. The van der Waals surface area contributed by atoms with E-state index in [1.807, 2.05) is 6.92 Å². The summed E-state index contributed by atoms with van der Waals surface area (Å²) in [7, 11) is 1.26. The lowest BCUT2D eigenvalue weighted by Gasteiger charge is -2.38. The highest BCUT2D eigenvalue weighted by atomic mass is 19.1. The summed E-state index contributed by atoms with van der Waals surface area (Å²) in [6.07, 6.45) is 6.15. The molecule has 0 aromatic heterocycles. The van der Waals surface area contributed by atoms with E-state index in [1.165, 1.54) is 19.2 Å². The van der Waals surface area contributed by atoms with Crippen molar-refractivity contribution in [2.75, 3.05) is 7.11 Å². The van der Waals surface area contributed by atoms with Crippen LogP contribution >= 0.6 is 0 Å². The second-order valence-corrected chi connectivity index (χ2v) is 9.61. The number of dihydropyridines is 1. The van der Waals surface area contributed by atoms with Crippen molar-refractivity contribution in [3.8, 4) is 0 Å². The van der Waals surface area contributed by atoms with Crippen LogP contribution in [-0.2, 0) is 23.9 Å². The zero-order chi connectivity index (χ0) is 24.4. The number of hydrogen-bond acceptors (Lipinski definition) is 6. The molecule has 6 nitrogen and oxygen atoms in total. The van der Waals surface area contributed by atoms with Gasteiger partial charge in [-0.3, -0.25) is 9.59 Å². The Labute approximate surface area is 199 Å². The Balaban J connectivity index is 1.77. The van der Waals surface area contributed by atoms with Gasteiger partial charge in [-0.25, -0.2) is 9.18 Å². The molecule has 1 aromatic rings. The number of carbonyl (C=O) groups is 3. The lowest BCUT2D eigenvalue weighted by molar-refractivity contribution is -0.151. The van der Waals surface area contributed by atoms with E-state index < -0.39 is 35.4 Å². The fourth-order valence-electron chi connectivity index (χ4n) is 5.55. The van der Waals surface area contributed by atoms with Crippen LogP contribution in [0.2, 0.25) is 0 Å². The maximum atomic E-state index is 14.3. The van der Waals surface area contributed by atoms with Crippen molar-refractivity contribution < 1.29 is 28.2 Å². The van der Waals surface area contributed by atoms with E-state index in [-0.39, 0.29) is 12.0 Å². The summed E-state index contributed by atoms with van der Waals surface area (Å²) in [5, 5.41) is 3.24. The highest BCUT2D eigenvalue weighted by Gasteiger charge is 2.47. The molecule has 0 spiro atoms. The fraction of sp³-hybridized carbons (Fsp3) is 0.519. The van der Waals surface area contributed by atoms with Crippen LogP contribution in [-0.4, -0.2) is 30.9 Å². The molecule has 2 aliphatic carbocycles. The van der Waals surface area contributed by atoms with Gasteiger partial charge in [0.1, 0.15) is 17.8 Å². The third-order valence-corrected chi connectivity index (χ3v) is 7.22. The van der Waals surface area contributed by atoms with Gasteiger partial charge in [-0.05, 0) is 62.6 Å². The van der Waals surface area contributed by atoms with Gasteiger partial charge in [0.15, 0.2) is 5.78 Å². The first kappa shape index (κ1) is 24.2. The summed E-state index contributed by atoms with van der Waals surface area (Å²) in [6, 6.07) is 5.92. The third-order valence-electron chi connectivity index (χ3n) is 7.22. The number of ketones is 1. The van der Waals surface area contributed by atoms with Crippen LogP contribution in [0.15, 0.2) is 46.8 Å². The molecular formula is C27H32FNO5. The SMILES string of the molecule is COC(=O)[C@@H]1C(=O)C2=C(C[C@H]1C)NC(C)=C(C(=O)OC1CCCCCC1)[C@H]2c1cccc(F)c1. The Morgan fingerprint density at radius 2 is 1.82 bits per heavy atom. The number of hydrogen-bond donors (Lipinski definition) is 1. The molecule has 0 radical (unpaired) electrons. The van der Waals surface area contributed by atoms with Crippen LogP contribution in [0.25, 0.3) is 0 Å². The second-order valence-electron chi connectivity index (χ2n) is 9.61. The molecule has 7 heteroatoms. The highest BCUT2D eigenvalue weighted by Crippen LogP contribution is 2.45. The number of benzene rings is 1. The van der Waals surface area contributed by atoms with Crippen molar-refractivity contribution in [2.24, 2.45) is 11.8 Å². The van der Waals surface area contributed by atoms with Crippen molar-refractivity contribution in [3.05, 3.63) is 58.2 Å². The van der Waals surface area contributed by atoms with Gasteiger partial charge < -0.3 is 14.8 Å². The number of esters is 2. The molecule has 1 aromatic carbocycles. The number of rotatable bonds is 4. The number of ether oxygens (including phenoxy) is 2. The summed E-state index contributed by atoms with van der Waals surface area (Å²) >= 11 is 0. The average molecular weight is 470 g/mol. The lowest BCUT2D eigenvalue weighted by atomic mass is 9.69. The third kappa shape index (κ3) is 4.65. The summed E-state index contributed by atoms with van der Waals surface area (Å²) in [6.45, 7) is 3.61. The minimum absolute atomic E-state index is 0.177. The number of carbonyl (C=O) groups excluding carboxylic acids is 3. The number of allylic oxidation sites excluding steroid dienone is 3. The van der Waals surface area contributed by atoms with Crippen LogP contribution < -0.4 is 5.32 Å². The molecule has 0 saturated heterocycles. The van der Waals surface area contributed by atoms with Gasteiger partial charge in [-0.2, -0.15) is 0 Å². The molecular weight excluding hydrogens is 437 g/mol. The van der Waals surface area contributed by atoms with Crippen LogP contribution in [0.3, 0.4) is 0 Å². The maximum absolute atomic E-state index is 14.3. The highest BCUT2D eigenvalue weighted by molar-refractivity contribution is 6.12. The molecule has 1 saturated carbocycles. The van der Waals surface area contributed by atoms with Crippen LogP contribution in [0.5, 0.6) is 0 Å². The van der Waals surface area contributed by atoms with Crippen molar-refractivity contribution in [3.63, 3.8) is 0 Å². The van der Waals surface area contributed by atoms with Gasteiger partial charge in [0.05, 0.1) is 12.7 Å². The molecule has 34 heavy (non-hydrogen) atoms. The number of nitrogens with one attached hydrogen (secondary N) is 1. The van der Waals surface area contributed by atoms with E-state index in [4.69, 9.17) is 9.47 Å². The molecule has 0 bridgehead atoms. The topological polar surface area (TPSA) is 81.7 Å². The first-order valence-corrected chi connectivity index (χ1v) is 12.1. The van der Waals surface area contributed by atoms with Crippen LogP contribution in [0, 0.1) is 17.7 Å². The van der Waals surface area contributed by atoms with E-state index in [1.54, 1.807) is 19.1 Å². The lowest BCUT2D eigenvalue weighted by Crippen LogP contribution is -2.43. The Hall–Kier alpha value is -2.96. The molecule has 1 aliphatic heterocycles. The Bertz CT molecular complexity index is 1050. The summed E-state index contributed by atoms with van der Waals surface area (Å²) in [5.74, 6) is -4.03. The van der Waals surface area contributed by atoms with Crippen molar-refractivity contribution in [2.45, 2.75) is 70.8 Å². The Kier molecular flexibility index (Phi) is 7.19. The van der Waals surface area contributed by atoms with E-state index in [2.05, 4.69) is 5.32 Å². The standard InChI is InChI=1S/C27H32FNO5/c1-15-13-20-24(25(30)21(15)26(31)33-3)23(17-9-8-10-18(28)14-17)22(16(2)29-20)27(32)34-19-11-6-4-5-7-12-19/h8-10,14-15,19,21,23,29H,4-7,11-13H2,1-3H3/t15-,21+,23-/m1/s1. The van der Waals surface area contributed by atoms with E-state index in [9.17, 15) is 18.8 Å². The fourth-order valence-corrected chi connectivity index (χ4v) is 5.55.